The Morgan fingerprint density at radius 2 is 2.42 bits per heavy atom. The van der Waals surface area contributed by atoms with Gasteiger partial charge in [0.1, 0.15) is 4.88 Å². The van der Waals surface area contributed by atoms with Crippen molar-refractivity contribution in [1.29, 1.82) is 0 Å². The van der Waals surface area contributed by atoms with E-state index in [1.54, 1.807) is 6.20 Å². The summed E-state index contributed by atoms with van der Waals surface area (Å²) in [5, 5.41) is 9.85. The number of carboxylic acids is 1. The number of carbonyl (C=O) groups is 2. The Labute approximate surface area is 115 Å². The second kappa shape index (κ2) is 6.12. The molecule has 1 N–H and O–H groups in total. The molecule has 1 atom stereocenters. The van der Waals surface area contributed by atoms with Crippen LogP contribution in [0, 0.1) is 0 Å². The van der Waals surface area contributed by atoms with E-state index in [4.69, 9.17) is 9.84 Å². The highest BCUT2D eigenvalue weighted by Crippen LogP contribution is 2.18. The summed E-state index contributed by atoms with van der Waals surface area (Å²) in [5.74, 6) is -1.19. The van der Waals surface area contributed by atoms with Gasteiger partial charge in [0, 0.05) is 6.54 Å². The molecule has 19 heavy (non-hydrogen) atoms. The van der Waals surface area contributed by atoms with Crippen LogP contribution in [0.1, 0.15) is 28.0 Å². The van der Waals surface area contributed by atoms with Crippen LogP contribution in [-0.2, 0) is 16.0 Å². The van der Waals surface area contributed by atoms with Gasteiger partial charge in [0.2, 0.25) is 0 Å². The van der Waals surface area contributed by atoms with Gasteiger partial charge in [-0.1, -0.05) is 6.92 Å². The number of aryl methyl sites for hydroxylation is 1. The Hall–Kier alpha value is -1.47. The first-order valence-electron chi connectivity index (χ1n) is 6.20. The van der Waals surface area contributed by atoms with Crippen LogP contribution >= 0.6 is 11.3 Å². The fourth-order valence-electron chi connectivity index (χ4n) is 1.88. The number of ether oxygens (including phenoxy) is 1. The van der Waals surface area contributed by atoms with Crippen LogP contribution in [0.15, 0.2) is 6.20 Å². The van der Waals surface area contributed by atoms with Gasteiger partial charge in [0.25, 0.3) is 5.91 Å². The van der Waals surface area contributed by atoms with Crippen LogP contribution in [0.5, 0.6) is 0 Å². The molecule has 0 aromatic carbocycles. The molecule has 1 saturated heterocycles. The normalized spacial score (nSPS) is 19.4. The Morgan fingerprint density at radius 1 is 1.63 bits per heavy atom. The molecule has 0 unspecified atom stereocenters. The molecule has 1 aromatic rings. The van der Waals surface area contributed by atoms with Gasteiger partial charge in [0.15, 0.2) is 6.10 Å². The monoisotopic (exact) mass is 284 g/mol. The molecule has 0 aliphatic carbocycles. The highest BCUT2D eigenvalue weighted by Gasteiger charge is 2.30. The summed E-state index contributed by atoms with van der Waals surface area (Å²) in [5.41, 5.74) is 0. The van der Waals surface area contributed by atoms with E-state index in [-0.39, 0.29) is 19.1 Å². The van der Waals surface area contributed by atoms with E-state index in [0.717, 1.165) is 17.8 Å². The predicted molar refractivity (Wildman–Crippen MR) is 69.4 cm³/mol. The zero-order chi connectivity index (χ0) is 13.8. The summed E-state index contributed by atoms with van der Waals surface area (Å²) in [6.45, 7) is 2.82. The first-order chi connectivity index (χ1) is 9.11. The minimum Gasteiger partial charge on any atom is -0.479 e. The highest BCUT2D eigenvalue weighted by molar-refractivity contribution is 7.13. The minimum absolute atomic E-state index is 0.0924. The third-order valence-corrected chi connectivity index (χ3v) is 3.90. The lowest BCUT2D eigenvalue weighted by Crippen LogP contribution is -2.48. The van der Waals surface area contributed by atoms with Crippen molar-refractivity contribution in [3.63, 3.8) is 0 Å². The van der Waals surface area contributed by atoms with E-state index in [1.165, 1.54) is 16.2 Å². The molecular weight excluding hydrogens is 268 g/mol. The number of rotatable bonds is 4. The maximum Gasteiger partial charge on any atom is 0.334 e. The van der Waals surface area contributed by atoms with Gasteiger partial charge in [-0.25, -0.2) is 9.78 Å². The van der Waals surface area contributed by atoms with Crippen molar-refractivity contribution in [2.24, 2.45) is 0 Å². The highest BCUT2D eigenvalue weighted by atomic mass is 32.1. The van der Waals surface area contributed by atoms with Gasteiger partial charge in [-0.05, 0) is 12.8 Å². The first kappa shape index (κ1) is 14.0. The van der Waals surface area contributed by atoms with Gasteiger partial charge >= 0.3 is 5.97 Å². The average molecular weight is 284 g/mol. The van der Waals surface area contributed by atoms with E-state index in [9.17, 15) is 9.59 Å². The molecule has 104 valence electrons. The van der Waals surface area contributed by atoms with Crippen LogP contribution in [0.4, 0.5) is 0 Å². The van der Waals surface area contributed by atoms with Crippen LogP contribution in [0.3, 0.4) is 0 Å². The second-order valence-corrected chi connectivity index (χ2v) is 5.43. The van der Waals surface area contributed by atoms with Crippen molar-refractivity contribution >= 4 is 23.2 Å². The summed E-state index contributed by atoms with van der Waals surface area (Å²) in [4.78, 5) is 29.4. The van der Waals surface area contributed by atoms with Crippen molar-refractivity contribution in [1.82, 2.24) is 9.88 Å². The van der Waals surface area contributed by atoms with Crippen molar-refractivity contribution in [3.05, 3.63) is 16.1 Å². The zero-order valence-electron chi connectivity index (χ0n) is 10.7. The number of aliphatic carboxylic acids is 1. The number of carboxylic acid groups (broad SMARTS) is 1. The van der Waals surface area contributed by atoms with Gasteiger partial charge in [-0.15, -0.1) is 11.3 Å². The lowest BCUT2D eigenvalue weighted by Gasteiger charge is -2.30. The molecule has 2 heterocycles. The fraction of sp³-hybridized carbons (Fsp3) is 0.583. The molecule has 1 aliphatic rings. The molecule has 0 radical (unpaired) electrons. The Balaban J connectivity index is 2.03. The summed E-state index contributed by atoms with van der Waals surface area (Å²) >= 11 is 1.38. The summed E-state index contributed by atoms with van der Waals surface area (Å²) < 4.78 is 5.09. The van der Waals surface area contributed by atoms with Crippen LogP contribution in [-0.4, -0.2) is 52.7 Å². The number of hydrogen-bond donors (Lipinski definition) is 1. The summed E-state index contributed by atoms with van der Waals surface area (Å²) in [7, 11) is 0. The van der Waals surface area contributed by atoms with Crippen molar-refractivity contribution < 1.29 is 19.4 Å². The molecule has 1 fully saturated rings. The number of aromatic nitrogens is 1. The molecule has 0 bridgehead atoms. The number of thiazole rings is 1. The van der Waals surface area contributed by atoms with Gasteiger partial charge in [0.05, 0.1) is 24.4 Å². The van der Waals surface area contributed by atoms with Gasteiger partial charge < -0.3 is 14.7 Å². The third kappa shape index (κ3) is 3.30. The number of nitrogens with zero attached hydrogens (tertiary/aromatic N) is 2. The van der Waals surface area contributed by atoms with Gasteiger partial charge in [-0.3, -0.25) is 4.79 Å². The number of carbonyl (C=O) groups excluding carboxylic acids is 1. The topological polar surface area (TPSA) is 79.7 Å². The molecule has 1 amide bonds. The number of amides is 1. The predicted octanol–water partition coefficient (Wildman–Crippen LogP) is 1.02. The Bertz CT molecular complexity index is 474. The summed E-state index contributed by atoms with van der Waals surface area (Å²) in [6.07, 6.45) is 2.49. The molecule has 6 nitrogen and oxygen atoms in total. The lowest BCUT2D eigenvalue weighted by atomic mass is 10.2. The van der Waals surface area contributed by atoms with Crippen LogP contribution in [0.2, 0.25) is 0 Å². The molecule has 0 spiro atoms. The molecule has 2 rings (SSSR count). The maximum absolute atomic E-state index is 12.2. The van der Waals surface area contributed by atoms with Crippen molar-refractivity contribution in [3.8, 4) is 0 Å². The fourth-order valence-corrected chi connectivity index (χ4v) is 2.86. The Morgan fingerprint density at radius 3 is 3.11 bits per heavy atom. The largest absolute Gasteiger partial charge is 0.479 e. The van der Waals surface area contributed by atoms with Crippen LogP contribution in [0.25, 0.3) is 0 Å². The smallest absolute Gasteiger partial charge is 0.334 e. The quantitative estimate of drug-likeness (QED) is 0.893. The zero-order valence-corrected chi connectivity index (χ0v) is 11.5. The molecule has 0 saturated carbocycles. The first-order valence-corrected chi connectivity index (χ1v) is 7.02. The molecule has 1 aromatic heterocycles. The molecule has 1 aliphatic heterocycles. The van der Waals surface area contributed by atoms with E-state index >= 15 is 0 Å². The van der Waals surface area contributed by atoms with E-state index in [1.807, 2.05) is 0 Å². The van der Waals surface area contributed by atoms with Crippen molar-refractivity contribution in [2.75, 3.05) is 19.7 Å². The number of morpholine rings is 1. The lowest BCUT2D eigenvalue weighted by molar-refractivity contribution is -0.154. The second-order valence-electron chi connectivity index (χ2n) is 4.32. The standard InChI is InChI=1S/C12H16N2O4S/c1-2-3-10-13-6-9(19-10)11(15)14-4-5-18-8(7-14)12(16)17/h6,8H,2-5,7H2,1H3,(H,16,17)/t8-/m0/s1. The van der Waals surface area contributed by atoms with Crippen LogP contribution < -0.4 is 0 Å². The van der Waals surface area contributed by atoms with E-state index in [0.29, 0.717) is 11.4 Å². The number of hydrogen-bond acceptors (Lipinski definition) is 5. The van der Waals surface area contributed by atoms with E-state index in [2.05, 4.69) is 11.9 Å². The van der Waals surface area contributed by atoms with Gasteiger partial charge in [-0.2, -0.15) is 0 Å². The minimum atomic E-state index is -1.03. The van der Waals surface area contributed by atoms with Crippen molar-refractivity contribution in [2.45, 2.75) is 25.9 Å². The molecule has 7 heteroatoms. The SMILES string of the molecule is CCCc1ncc(C(=O)N2CCO[C@H](C(=O)O)C2)s1. The maximum atomic E-state index is 12.2. The summed E-state index contributed by atoms with van der Waals surface area (Å²) in [6, 6.07) is 0. The third-order valence-electron chi connectivity index (χ3n) is 2.86. The Kier molecular flexibility index (Phi) is 4.49. The molecular formula is C12H16N2O4S. The van der Waals surface area contributed by atoms with E-state index < -0.39 is 12.1 Å². The average Bonchev–Trinajstić information content (AvgIpc) is 2.87.